The van der Waals surface area contributed by atoms with Crippen LogP contribution in [0, 0.1) is 11.7 Å². The number of carbonyl (C=O) groups excluding carboxylic acids is 1. The summed E-state index contributed by atoms with van der Waals surface area (Å²) in [5.74, 6) is 0.0531. The summed E-state index contributed by atoms with van der Waals surface area (Å²) in [6.45, 7) is 5.27. The summed E-state index contributed by atoms with van der Waals surface area (Å²) >= 11 is 0. The Balaban J connectivity index is 1.88. The molecule has 0 bridgehead atoms. The molecule has 1 aliphatic heterocycles. The number of hydrogen-bond acceptors (Lipinski definition) is 3. The Bertz CT molecular complexity index is 816. The Morgan fingerprint density at radius 3 is 2.64 bits per heavy atom. The van der Waals surface area contributed by atoms with Crippen LogP contribution < -0.4 is 5.56 Å². The molecule has 2 unspecified atom stereocenters. The third-order valence-electron chi connectivity index (χ3n) is 4.66. The summed E-state index contributed by atoms with van der Waals surface area (Å²) in [5, 5.41) is 4.34. The van der Waals surface area contributed by atoms with Gasteiger partial charge in [-0.3, -0.25) is 9.59 Å². The van der Waals surface area contributed by atoms with E-state index in [1.54, 1.807) is 25.1 Å². The van der Waals surface area contributed by atoms with Gasteiger partial charge in [0.15, 0.2) is 0 Å². The van der Waals surface area contributed by atoms with E-state index < -0.39 is 6.04 Å². The molecular formula is C19H22FN3O2. The van der Waals surface area contributed by atoms with Gasteiger partial charge in [-0.05, 0) is 56.0 Å². The van der Waals surface area contributed by atoms with Crippen molar-refractivity contribution in [1.29, 1.82) is 0 Å². The number of rotatable bonds is 3. The highest BCUT2D eigenvalue weighted by Gasteiger charge is 2.27. The van der Waals surface area contributed by atoms with Gasteiger partial charge in [0.25, 0.3) is 5.56 Å². The quantitative estimate of drug-likeness (QED) is 0.861. The van der Waals surface area contributed by atoms with Crippen LogP contribution in [0.2, 0.25) is 0 Å². The molecule has 0 aliphatic carbocycles. The van der Waals surface area contributed by atoms with Gasteiger partial charge in [-0.1, -0.05) is 6.92 Å². The monoisotopic (exact) mass is 343 g/mol. The molecule has 1 amide bonds. The highest BCUT2D eigenvalue weighted by molar-refractivity contribution is 5.80. The molecule has 1 aliphatic rings. The van der Waals surface area contributed by atoms with Gasteiger partial charge in [0.1, 0.15) is 11.9 Å². The molecule has 1 saturated heterocycles. The summed E-state index contributed by atoms with van der Waals surface area (Å²) in [6, 6.07) is 8.21. The van der Waals surface area contributed by atoms with Crippen LogP contribution in [-0.2, 0) is 4.79 Å². The van der Waals surface area contributed by atoms with E-state index in [1.807, 2.05) is 4.90 Å². The van der Waals surface area contributed by atoms with Crippen LogP contribution in [0.15, 0.2) is 41.2 Å². The first-order chi connectivity index (χ1) is 12.0. The maximum absolute atomic E-state index is 13.1. The number of hydrogen-bond donors (Lipinski definition) is 0. The van der Waals surface area contributed by atoms with E-state index in [4.69, 9.17) is 0 Å². The number of benzene rings is 1. The zero-order chi connectivity index (χ0) is 18.0. The second-order valence-corrected chi connectivity index (χ2v) is 6.72. The fourth-order valence-corrected chi connectivity index (χ4v) is 3.24. The number of piperidine rings is 1. The molecule has 1 aromatic carbocycles. The molecule has 3 rings (SSSR count). The number of likely N-dealkylation sites (tertiary alicyclic amines) is 1. The number of nitrogens with zero attached hydrogens (tertiary/aromatic N) is 3. The molecule has 0 spiro atoms. The molecule has 25 heavy (non-hydrogen) atoms. The molecular weight excluding hydrogens is 321 g/mol. The molecule has 0 saturated carbocycles. The Morgan fingerprint density at radius 1 is 1.24 bits per heavy atom. The van der Waals surface area contributed by atoms with E-state index in [1.165, 1.54) is 22.9 Å². The maximum Gasteiger partial charge on any atom is 0.267 e. The first-order valence-corrected chi connectivity index (χ1v) is 8.60. The molecule has 2 atom stereocenters. The van der Waals surface area contributed by atoms with Crippen LogP contribution in [0.3, 0.4) is 0 Å². The van der Waals surface area contributed by atoms with Crippen molar-refractivity contribution in [1.82, 2.24) is 14.7 Å². The number of halogens is 1. The van der Waals surface area contributed by atoms with Gasteiger partial charge in [-0.15, -0.1) is 0 Å². The van der Waals surface area contributed by atoms with Gasteiger partial charge in [0, 0.05) is 24.7 Å². The van der Waals surface area contributed by atoms with Gasteiger partial charge < -0.3 is 4.90 Å². The average molecular weight is 343 g/mol. The minimum atomic E-state index is -0.668. The number of carbonyl (C=O) groups is 1. The van der Waals surface area contributed by atoms with Gasteiger partial charge in [0.2, 0.25) is 5.91 Å². The standard InChI is InChI=1S/C19H22FN3O2/c1-13-4-3-11-22(12-13)19(25)14(2)23-18(24)10-9-17(21-23)15-5-7-16(20)8-6-15/h5-10,13-14H,3-4,11-12H2,1-2H3. The summed E-state index contributed by atoms with van der Waals surface area (Å²) in [7, 11) is 0. The predicted octanol–water partition coefficient (Wildman–Crippen LogP) is 2.87. The third-order valence-corrected chi connectivity index (χ3v) is 4.66. The summed E-state index contributed by atoms with van der Waals surface area (Å²) in [5.41, 5.74) is 0.907. The van der Waals surface area contributed by atoms with Crippen LogP contribution >= 0.6 is 0 Å². The fraction of sp³-hybridized carbons (Fsp3) is 0.421. The van der Waals surface area contributed by atoms with Crippen molar-refractivity contribution >= 4 is 5.91 Å². The lowest BCUT2D eigenvalue weighted by atomic mass is 10.00. The lowest BCUT2D eigenvalue weighted by Gasteiger charge is -2.32. The Labute approximate surface area is 146 Å². The second kappa shape index (κ2) is 7.17. The molecule has 132 valence electrons. The lowest BCUT2D eigenvalue weighted by Crippen LogP contribution is -2.44. The highest BCUT2D eigenvalue weighted by atomic mass is 19.1. The van der Waals surface area contributed by atoms with Gasteiger partial charge >= 0.3 is 0 Å². The molecule has 2 heterocycles. The van der Waals surface area contributed by atoms with Crippen molar-refractivity contribution in [3.63, 3.8) is 0 Å². The Hall–Kier alpha value is -2.50. The molecule has 1 fully saturated rings. The molecule has 5 nitrogen and oxygen atoms in total. The normalized spacial score (nSPS) is 18.8. The SMILES string of the molecule is CC1CCCN(C(=O)C(C)n2nc(-c3ccc(F)cc3)ccc2=O)C1. The lowest BCUT2D eigenvalue weighted by molar-refractivity contribution is -0.136. The van der Waals surface area contributed by atoms with Crippen molar-refractivity contribution in [3.05, 3.63) is 52.6 Å². The van der Waals surface area contributed by atoms with Crippen molar-refractivity contribution < 1.29 is 9.18 Å². The van der Waals surface area contributed by atoms with E-state index in [0.717, 1.165) is 25.9 Å². The summed E-state index contributed by atoms with van der Waals surface area (Å²) in [6.07, 6.45) is 2.11. The molecule has 0 N–H and O–H groups in total. The minimum absolute atomic E-state index is 0.0857. The van der Waals surface area contributed by atoms with Crippen LogP contribution in [0.4, 0.5) is 4.39 Å². The predicted molar refractivity (Wildman–Crippen MR) is 93.6 cm³/mol. The number of amides is 1. The molecule has 0 radical (unpaired) electrons. The smallest absolute Gasteiger partial charge is 0.267 e. The summed E-state index contributed by atoms with van der Waals surface area (Å²) < 4.78 is 14.3. The van der Waals surface area contributed by atoms with Crippen LogP contribution in [0.5, 0.6) is 0 Å². The van der Waals surface area contributed by atoms with Crippen LogP contribution in [0.1, 0.15) is 32.7 Å². The zero-order valence-electron chi connectivity index (χ0n) is 14.5. The van der Waals surface area contributed by atoms with Crippen molar-refractivity contribution in [2.24, 2.45) is 5.92 Å². The van der Waals surface area contributed by atoms with E-state index in [0.29, 0.717) is 17.2 Å². The van der Waals surface area contributed by atoms with Crippen LogP contribution in [-0.4, -0.2) is 33.7 Å². The summed E-state index contributed by atoms with van der Waals surface area (Å²) in [4.78, 5) is 26.8. The fourth-order valence-electron chi connectivity index (χ4n) is 3.24. The van der Waals surface area contributed by atoms with Gasteiger partial charge in [0.05, 0.1) is 5.69 Å². The first-order valence-electron chi connectivity index (χ1n) is 8.60. The van der Waals surface area contributed by atoms with E-state index in [2.05, 4.69) is 12.0 Å². The highest BCUT2D eigenvalue weighted by Crippen LogP contribution is 2.20. The van der Waals surface area contributed by atoms with Gasteiger partial charge in [-0.25, -0.2) is 9.07 Å². The third kappa shape index (κ3) is 3.78. The Morgan fingerprint density at radius 2 is 1.96 bits per heavy atom. The van der Waals surface area contributed by atoms with E-state index >= 15 is 0 Å². The zero-order valence-corrected chi connectivity index (χ0v) is 14.5. The average Bonchev–Trinajstić information content (AvgIpc) is 2.62. The largest absolute Gasteiger partial charge is 0.341 e. The maximum atomic E-state index is 13.1. The molecule has 1 aromatic heterocycles. The van der Waals surface area contributed by atoms with Crippen LogP contribution in [0.25, 0.3) is 11.3 Å². The van der Waals surface area contributed by atoms with Gasteiger partial charge in [-0.2, -0.15) is 5.10 Å². The number of aromatic nitrogens is 2. The molecule has 6 heteroatoms. The van der Waals surface area contributed by atoms with E-state index in [-0.39, 0.29) is 17.3 Å². The van der Waals surface area contributed by atoms with Crippen molar-refractivity contribution in [2.75, 3.05) is 13.1 Å². The Kier molecular flexibility index (Phi) is 4.97. The molecule has 2 aromatic rings. The minimum Gasteiger partial charge on any atom is -0.341 e. The van der Waals surface area contributed by atoms with Crippen molar-refractivity contribution in [3.8, 4) is 11.3 Å². The van der Waals surface area contributed by atoms with Crippen molar-refractivity contribution in [2.45, 2.75) is 32.7 Å². The first kappa shape index (κ1) is 17.3. The van der Waals surface area contributed by atoms with E-state index in [9.17, 15) is 14.0 Å². The second-order valence-electron chi connectivity index (χ2n) is 6.72. The topological polar surface area (TPSA) is 55.2 Å².